The van der Waals surface area contributed by atoms with Crippen LogP contribution in [0.15, 0.2) is 0 Å². The van der Waals surface area contributed by atoms with Crippen molar-refractivity contribution in [3.8, 4) is 0 Å². The van der Waals surface area contributed by atoms with E-state index in [-0.39, 0.29) is 0 Å². The fourth-order valence-corrected chi connectivity index (χ4v) is 4.43. The average Bonchev–Trinajstić information content (AvgIpc) is 3.03. The lowest BCUT2D eigenvalue weighted by Gasteiger charge is -2.12. The third kappa shape index (κ3) is 112. The molecule has 0 heteroatoms. The molecule has 320 valence electrons. The van der Waals surface area contributed by atoms with Crippen LogP contribution in [0.3, 0.4) is 0 Å². The lowest BCUT2D eigenvalue weighted by Crippen LogP contribution is -2.02. The third-order valence-electron chi connectivity index (χ3n) is 9.04. The van der Waals surface area contributed by atoms with E-state index in [1.165, 1.54) is 122 Å². The van der Waals surface area contributed by atoms with E-state index in [0.29, 0.717) is 0 Å². The second-order valence-corrected chi connectivity index (χ2v) is 19.0. The number of rotatable bonds is 21. The molecule has 0 saturated carbocycles. The quantitative estimate of drug-likeness (QED) is 0.103. The van der Waals surface area contributed by atoms with Crippen LogP contribution in [0.1, 0.15) is 281 Å². The van der Waals surface area contributed by atoms with Crippen LogP contribution >= 0.6 is 0 Å². The minimum atomic E-state index is 0.870. The van der Waals surface area contributed by atoms with Gasteiger partial charge < -0.3 is 0 Å². The minimum Gasteiger partial charge on any atom is -0.0654 e. The van der Waals surface area contributed by atoms with Crippen LogP contribution < -0.4 is 0 Å². The van der Waals surface area contributed by atoms with Gasteiger partial charge in [-0.05, 0) is 53.3 Å². The average molecular weight is 729 g/mol. The first-order chi connectivity index (χ1) is 23.7. The van der Waals surface area contributed by atoms with Crippen molar-refractivity contribution in [2.75, 3.05) is 0 Å². The SMILES string of the molecule is CC(C)CCC(C)C.CCC(C)C.CCCC(C)C.CCCC(C)C(C)C.CCCCC(C)C.CCCCCC(C)C.CCCCCCC(C)C. The smallest absolute Gasteiger partial charge is 0.0420 e. The van der Waals surface area contributed by atoms with E-state index < -0.39 is 0 Å². The Labute approximate surface area is 333 Å². The fraction of sp³-hybridized carbons (Fsp3) is 1.00. The maximum absolute atomic E-state index is 2.33. The molecular formula is C51H116. The van der Waals surface area contributed by atoms with E-state index in [0.717, 1.165) is 53.3 Å². The first-order valence-electron chi connectivity index (χ1n) is 23.7. The van der Waals surface area contributed by atoms with E-state index in [2.05, 4.69) is 159 Å². The summed E-state index contributed by atoms with van der Waals surface area (Å²) in [5, 5.41) is 0. The summed E-state index contributed by atoms with van der Waals surface area (Å²) in [6, 6.07) is 0. The van der Waals surface area contributed by atoms with Gasteiger partial charge in [-0.1, -0.05) is 281 Å². The van der Waals surface area contributed by atoms with Crippen molar-refractivity contribution >= 4 is 0 Å². The van der Waals surface area contributed by atoms with Crippen LogP contribution in [-0.2, 0) is 0 Å². The summed E-state index contributed by atoms with van der Waals surface area (Å²) in [6.45, 7) is 52.1. The molecule has 0 nitrogen and oxygen atoms in total. The fourth-order valence-electron chi connectivity index (χ4n) is 4.43. The highest BCUT2D eigenvalue weighted by Crippen LogP contribution is 2.15. The highest BCUT2D eigenvalue weighted by molar-refractivity contribution is 4.54. The standard InChI is InChI=1S/C9H20.3C8H18.C7H16.C6H14.C5H12/c1-4-5-6-7-8-9(2)3;1-7(2)5-6-8(3)4;1-5-6-8(4)7(2)3;1-4-5-6-7-8(2)3;1-4-5-6-7(2)3;1-4-5-6(2)3;1-4-5(2)3/h9H,4-8H2,1-3H3;2*7-8H,5-6H2,1-4H3;8H,4-7H2,1-3H3;7H,4-6H2,1-3H3;6H,4-5H2,1-3H3;5H,4H2,1-3H3. The predicted molar refractivity (Wildman–Crippen MR) is 250 cm³/mol. The van der Waals surface area contributed by atoms with Crippen molar-refractivity contribution in [1.82, 2.24) is 0 Å². The van der Waals surface area contributed by atoms with Crippen molar-refractivity contribution in [2.24, 2.45) is 53.3 Å². The van der Waals surface area contributed by atoms with Crippen molar-refractivity contribution in [3.05, 3.63) is 0 Å². The zero-order chi connectivity index (χ0) is 41.6. The Morgan fingerprint density at radius 3 is 0.686 bits per heavy atom. The first-order valence-corrected chi connectivity index (χ1v) is 23.7. The molecule has 0 radical (unpaired) electrons. The summed E-state index contributed by atoms with van der Waals surface area (Å²) in [4.78, 5) is 0. The highest BCUT2D eigenvalue weighted by atomic mass is 14.1. The summed E-state index contributed by atoms with van der Waals surface area (Å²) in [5.41, 5.74) is 0. The zero-order valence-electron chi connectivity index (χ0n) is 41.6. The van der Waals surface area contributed by atoms with Crippen molar-refractivity contribution in [3.63, 3.8) is 0 Å². The van der Waals surface area contributed by atoms with E-state index >= 15 is 0 Å². The van der Waals surface area contributed by atoms with Crippen LogP contribution in [0, 0.1) is 53.3 Å². The van der Waals surface area contributed by atoms with Crippen molar-refractivity contribution in [2.45, 2.75) is 281 Å². The van der Waals surface area contributed by atoms with Gasteiger partial charge in [-0.15, -0.1) is 0 Å². The number of hydrogen-bond acceptors (Lipinski definition) is 0. The van der Waals surface area contributed by atoms with Crippen LogP contribution in [0.4, 0.5) is 0 Å². The van der Waals surface area contributed by atoms with Gasteiger partial charge in [0, 0.05) is 0 Å². The van der Waals surface area contributed by atoms with Gasteiger partial charge in [-0.3, -0.25) is 0 Å². The van der Waals surface area contributed by atoms with Crippen LogP contribution in [0.5, 0.6) is 0 Å². The molecule has 0 bridgehead atoms. The van der Waals surface area contributed by atoms with E-state index in [4.69, 9.17) is 0 Å². The van der Waals surface area contributed by atoms with E-state index in [1.54, 1.807) is 0 Å². The second-order valence-electron chi connectivity index (χ2n) is 19.0. The molecule has 0 saturated heterocycles. The van der Waals surface area contributed by atoms with Crippen molar-refractivity contribution < 1.29 is 0 Å². The van der Waals surface area contributed by atoms with Gasteiger partial charge in [0.1, 0.15) is 0 Å². The molecule has 0 aliphatic rings. The summed E-state index contributed by atoms with van der Waals surface area (Å²) in [7, 11) is 0. The van der Waals surface area contributed by atoms with Crippen molar-refractivity contribution in [1.29, 1.82) is 0 Å². The molecule has 0 aromatic heterocycles. The first kappa shape index (κ1) is 65.9. The van der Waals surface area contributed by atoms with E-state index in [1.807, 2.05) is 0 Å². The highest BCUT2D eigenvalue weighted by Gasteiger charge is 2.03. The summed E-state index contributed by atoms with van der Waals surface area (Å²) >= 11 is 0. The van der Waals surface area contributed by atoms with E-state index in [9.17, 15) is 0 Å². The summed E-state index contributed by atoms with van der Waals surface area (Å²) in [5.74, 6) is 8.05. The lowest BCUT2D eigenvalue weighted by atomic mass is 9.94. The summed E-state index contributed by atoms with van der Waals surface area (Å²) < 4.78 is 0. The number of unbranched alkanes of at least 4 members (excludes halogenated alkanes) is 6. The molecule has 0 aliphatic heterocycles. The molecule has 0 fully saturated rings. The molecule has 0 spiro atoms. The van der Waals surface area contributed by atoms with Crippen LogP contribution in [0.2, 0.25) is 0 Å². The Balaban J connectivity index is -0.0000000892. The largest absolute Gasteiger partial charge is 0.0654 e. The second kappa shape index (κ2) is 56.7. The zero-order valence-corrected chi connectivity index (χ0v) is 41.6. The maximum Gasteiger partial charge on any atom is -0.0420 e. The molecule has 0 aromatic rings. The Kier molecular flexibility index (Phi) is 73.3. The molecule has 0 amide bonds. The third-order valence-corrected chi connectivity index (χ3v) is 9.04. The summed E-state index contributed by atoms with van der Waals surface area (Å²) in [6.07, 6.45) is 26.3. The Bertz CT molecular complexity index is 484. The molecule has 0 heterocycles. The Hall–Kier alpha value is 0. The lowest BCUT2D eigenvalue weighted by molar-refractivity contribution is 0.389. The molecule has 0 aliphatic carbocycles. The molecule has 0 N–H and O–H groups in total. The van der Waals surface area contributed by atoms with Gasteiger partial charge in [0.25, 0.3) is 0 Å². The molecule has 0 aromatic carbocycles. The van der Waals surface area contributed by atoms with Crippen LogP contribution in [0.25, 0.3) is 0 Å². The molecule has 51 heavy (non-hydrogen) atoms. The molecular weight excluding hydrogens is 613 g/mol. The van der Waals surface area contributed by atoms with Gasteiger partial charge in [0.15, 0.2) is 0 Å². The Morgan fingerprint density at radius 2 is 0.510 bits per heavy atom. The van der Waals surface area contributed by atoms with Gasteiger partial charge in [-0.25, -0.2) is 0 Å². The monoisotopic (exact) mass is 729 g/mol. The van der Waals surface area contributed by atoms with Gasteiger partial charge >= 0.3 is 0 Å². The van der Waals surface area contributed by atoms with Gasteiger partial charge in [0.05, 0.1) is 0 Å². The molecule has 0 rings (SSSR count). The van der Waals surface area contributed by atoms with Crippen LogP contribution in [-0.4, -0.2) is 0 Å². The predicted octanol–water partition coefficient (Wildman–Crippen LogP) is 20.3. The topological polar surface area (TPSA) is 0 Å². The maximum atomic E-state index is 2.33. The van der Waals surface area contributed by atoms with Gasteiger partial charge in [0.2, 0.25) is 0 Å². The Morgan fingerprint density at radius 1 is 0.235 bits per heavy atom. The van der Waals surface area contributed by atoms with Gasteiger partial charge in [-0.2, -0.15) is 0 Å². The normalized spacial score (nSPS) is 11.1. The number of hydrogen-bond donors (Lipinski definition) is 0. The molecule has 1 atom stereocenters. The molecule has 1 unspecified atom stereocenters. The minimum absolute atomic E-state index is 0.870.